The molecule has 0 saturated carbocycles. The Kier molecular flexibility index (Phi) is 5.70. The molecule has 0 amide bonds. The molecular weight excluding hydrogens is 375 g/mol. The van der Waals surface area contributed by atoms with Gasteiger partial charge in [0.1, 0.15) is 33.1 Å². The number of aromatic nitrogens is 3. The summed E-state index contributed by atoms with van der Waals surface area (Å²) in [4.78, 5) is 3.32. The molecule has 6 nitrogen and oxygen atoms in total. The van der Waals surface area contributed by atoms with E-state index in [1.807, 2.05) is 6.92 Å². The van der Waals surface area contributed by atoms with E-state index in [1.165, 1.54) is 0 Å². The summed E-state index contributed by atoms with van der Waals surface area (Å²) in [7, 11) is -3.68. The van der Waals surface area contributed by atoms with E-state index in [-0.39, 0.29) is 16.6 Å². The largest absolute Gasteiger partial charge is 0.434 e. The average molecular weight is 387 g/mol. The van der Waals surface area contributed by atoms with Gasteiger partial charge in [-0.25, -0.2) is 13.4 Å². The van der Waals surface area contributed by atoms with E-state index in [4.69, 9.17) is 4.74 Å². The highest BCUT2D eigenvalue weighted by atomic mass is 32.2. The molecule has 0 atom stereocenters. The van der Waals surface area contributed by atoms with E-state index in [0.717, 1.165) is 16.7 Å². The molecule has 0 aliphatic carbocycles. The molecule has 0 aliphatic heterocycles. The predicted octanol–water partition coefficient (Wildman–Crippen LogP) is 2.66. The Morgan fingerprint density at radius 1 is 1.17 bits per heavy atom. The Bertz CT molecular complexity index is 755. The van der Waals surface area contributed by atoms with Crippen LogP contribution in [-0.4, -0.2) is 30.2 Å². The Balaban J connectivity index is 2.01. The zero-order valence-corrected chi connectivity index (χ0v) is 14.3. The summed E-state index contributed by atoms with van der Waals surface area (Å²) in [5, 5.41) is 9.07. The lowest BCUT2D eigenvalue weighted by Crippen LogP contribution is -2.09. The first-order chi connectivity index (χ1) is 10.7. The van der Waals surface area contributed by atoms with E-state index < -0.39 is 33.2 Å². The number of halogens is 3. The number of nitrogens with zero attached hydrogens (tertiary/aromatic N) is 3. The number of sulfone groups is 1. The lowest BCUT2D eigenvalue weighted by molar-refractivity contribution is -0.140. The summed E-state index contributed by atoms with van der Waals surface area (Å²) in [6, 6.07) is 0. The summed E-state index contributed by atoms with van der Waals surface area (Å²) in [6.07, 6.45) is -4.58. The summed E-state index contributed by atoms with van der Waals surface area (Å²) in [6.45, 7) is 2.56. The number of alkyl halides is 3. The molecule has 2 aromatic rings. The second-order valence-corrected chi connectivity index (χ2v) is 8.54. The van der Waals surface area contributed by atoms with E-state index in [9.17, 15) is 21.6 Å². The number of hydrogen-bond donors (Lipinski definition) is 0. The molecule has 0 aromatic carbocycles. The Hall–Kier alpha value is -1.11. The van der Waals surface area contributed by atoms with Gasteiger partial charge in [-0.15, -0.1) is 21.5 Å². The highest BCUT2D eigenvalue weighted by Crippen LogP contribution is 2.30. The van der Waals surface area contributed by atoms with Gasteiger partial charge in [0.2, 0.25) is 0 Å². The first-order valence-corrected chi connectivity index (χ1v) is 9.82. The van der Waals surface area contributed by atoms with Gasteiger partial charge in [0.15, 0.2) is 15.5 Å². The molecule has 0 unspecified atom stereocenters. The molecule has 0 radical (unpaired) electrons. The van der Waals surface area contributed by atoms with Gasteiger partial charge in [0.25, 0.3) is 0 Å². The van der Waals surface area contributed by atoms with Crippen molar-refractivity contribution in [1.82, 2.24) is 15.2 Å². The topological polar surface area (TPSA) is 82.0 Å². The van der Waals surface area contributed by atoms with Crippen LogP contribution in [0.15, 0.2) is 5.38 Å². The summed E-state index contributed by atoms with van der Waals surface area (Å²) < 4.78 is 66.6. The van der Waals surface area contributed by atoms with Crippen molar-refractivity contribution in [2.75, 3.05) is 6.61 Å². The molecule has 0 fully saturated rings. The normalized spacial score (nSPS) is 12.7. The molecule has 0 N–H and O–H groups in total. The molecule has 0 bridgehead atoms. The van der Waals surface area contributed by atoms with Crippen LogP contribution in [0.25, 0.3) is 0 Å². The first kappa shape index (κ1) is 18.2. The van der Waals surface area contributed by atoms with Crippen LogP contribution >= 0.6 is 22.7 Å². The zero-order chi connectivity index (χ0) is 17.1. The van der Waals surface area contributed by atoms with Crippen LogP contribution < -0.4 is 0 Å². The average Bonchev–Trinajstić information content (AvgIpc) is 3.04. The van der Waals surface area contributed by atoms with Crippen LogP contribution in [0.2, 0.25) is 0 Å². The fraction of sp³-hybridized carbons (Fsp3) is 0.545. The van der Waals surface area contributed by atoms with Crippen LogP contribution in [0.3, 0.4) is 0 Å². The van der Waals surface area contributed by atoms with Gasteiger partial charge in [-0.1, -0.05) is 11.3 Å². The summed E-state index contributed by atoms with van der Waals surface area (Å²) in [5.41, 5.74) is -1.08. The molecule has 128 valence electrons. The SMILES string of the molecule is CCOCc1nnc(CS(=O)(=O)Cc2nc(C(F)(F)F)cs2)s1. The van der Waals surface area contributed by atoms with Gasteiger partial charge >= 0.3 is 6.18 Å². The molecular formula is C11H12F3N3O3S3. The van der Waals surface area contributed by atoms with Crippen molar-refractivity contribution in [3.8, 4) is 0 Å². The minimum atomic E-state index is -4.58. The lowest BCUT2D eigenvalue weighted by atomic mass is 10.5. The maximum Gasteiger partial charge on any atom is 0.434 e. The van der Waals surface area contributed by atoms with Crippen LogP contribution in [0.5, 0.6) is 0 Å². The molecule has 2 heterocycles. The van der Waals surface area contributed by atoms with Crippen molar-refractivity contribution < 1.29 is 26.3 Å². The minimum absolute atomic E-state index is 0.101. The number of hydrogen-bond acceptors (Lipinski definition) is 8. The van der Waals surface area contributed by atoms with E-state index >= 15 is 0 Å². The van der Waals surface area contributed by atoms with Gasteiger partial charge in [-0.3, -0.25) is 0 Å². The highest BCUT2D eigenvalue weighted by Gasteiger charge is 2.34. The Morgan fingerprint density at radius 2 is 1.83 bits per heavy atom. The molecule has 0 spiro atoms. The zero-order valence-electron chi connectivity index (χ0n) is 11.8. The van der Waals surface area contributed by atoms with Crippen molar-refractivity contribution in [2.24, 2.45) is 0 Å². The third-order valence-electron chi connectivity index (χ3n) is 2.47. The van der Waals surface area contributed by atoms with Gasteiger partial charge in [0.05, 0.1) is 0 Å². The summed E-state index contributed by atoms with van der Waals surface area (Å²) >= 11 is 1.76. The quantitative estimate of drug-likeness (QED) is 0.726. The van der Waals surface area contributed by atoms with Crippen LogP contribution in [0.4, 0.5) is 13.2 Å². The van der Waals surface area contributed by atoms with Crippen LogP contribution in [0, 0.1) is 0 Å². The van der Waals surface area contributed by atoms with E-state index in [1.54, 1.807) is 0 Å². The fourth-order valence-corrected chi connectivity index (χ4v) is 5.25. The van der Waals surface area contributed by atoms with E-state index in [2.05, 4.69) is 15.2 Å². The Morgan fingerprint density at radius 3 is 2.43 bits per heavy atom. The van der Waals surface area contributed by atoms with Crippen molar-refractivity contribution >= 4 is 32.5 Å². The van der Waals surface area contributed by atoms with Gasteiger partial charge in [-0.05, 0) is 6.92 Å². The van der Waals surface area contributed by atoms with Crippen molar-refractivity contribution in [2.45, 2.75) is 31.2 Å². The first-order valence-electron chi connectivity index (χ1n) is 6.30. The molecule has 12 heteroatoms. The minimum Gasteiger partial charge on any atom is -0.374 e. The third-order valence-corrected chi connectivity index (χ3v) is 6.00. The van der Waals surface area contributed by atoms with Crippen LogP contribution in [-0.2, 0) is 38.9 Å². The van der Waals surface area contributed by atoms with Crippen molar-refractivity contribution in [3.63, 3.8) is 0 Å². The van der Waals surface area contributed by atoms with Crippen molar-refractivity contribution in [3.05, 3.63) is 26.1 Å². The maximum absolute atomic E-state index is 12.5. The molecule has 2 rings (SSSR count). The Labute approximate surface area is 138 Å². The smallest absolute Gasteiger partial charge is 0.374 e. The van der Waals surface area contributed by atoms with Gasteiger partial charge < -0.3 is 4.74 Å². The van der Waals surface area contributed by atoms with Crippen molar-refractivity contribution in [1.29, 1.82) is 0 Å². The molecule has 23 heavy (non-hydrogen) atoms. The molecule has 2 aromatic heterocycles. The number of ether oxygens (including phenoxy) is 1. The number of thiazole rings is 1. The third kappa shape index (κ3) is 5.48. The highest BCUT2D eigenvalue weighted by molar-refractivity contribution is 7.90. The molecule has 0 aliphatic rings. The van der Waals surface area contributed by atoms with Gasteiger partial charge in [-0.2, -0.15) is 13.2 Å². The second kappa shape index (κ2) is 7.20. The maximum atomic E-state index is 12.5. The summed E-state index contributed by atoms with van der Waals surface area (Å²) in [5.74, 6) is -0.953. The van der Waals surface area contributed by atoms with E-state index in [0.29, 0.717) is 23.0 Å². The monoisotopic (exact) mass is 387 g/mol. The fourth-order valence-electron chi connectivity index (χ4n) is 1.53. The molecule has 0 saturated heterocycles. The standard InChI is InChI=1S/C11H12F3N3O3S3/c1-2-20-3-8-16-17-10(22-8)6-23(18,19)5-9-15-7(4-21-9)11(12,13)14/h4H,2-3,5-6H2,1H3. The lowest BCUT2D eigenvalue weighted by Gasteiger charge is -2.01. The predicted molar refractivity (Wildman–Crippen MR) is 78.7 cm³/mol. The number of rotatable bonds is 7. The second-order valence-electron chi connectivity index (χ2n) is 4.38. The van der Waals surface area contributed by atoms with Crippen LogP contribution in [0.1, 0.15) is 27.6 Å². The van der Waals surface area contributed by atoms with Gasteiger partial charge in [0, 0.05) is 12.0 Å².